The topological polar surface area (TPSA) is 70.2 Å². The number of amides is 4. The molecule has 4 amide bonds. The second kappa shape index (κ2) is 6.90. The molecule has 0 aromatic rings. The van der Waals surface area contributed by atoms with Crippen LogP contribution in [0, 0.1) is 0 Å². The molecule has 0 aromatic heterocycles. The number of rotatable bonds is 3. The van der Waals surface area contributed by atoms with Crippen LogP contribution in [0.5, 0.6) is 0 Å². The van der Waals surface area contributed by atoms with Crippen LogP contribution in [0.3, 0.4) is 0 Å². The zero-order valence-corrected chi connectivity index (χ0v) is 16.4. The van der Waals surface area contributed by atoms with E-state index < -0.39 is 11.1 Å². The number of carbonyl (C=O) groups excluding carboxylic acids is 3. The van der Waals surface area contributed by atoms with Gasteiger partial charge < -0.3 is 14.5 Å². The van der Waals surface area contributed by atoms with Crippen molar-refractivity contribution < 1.29 is 19.1 Å². The van der Waals surface area contributed by atoms with Gasteiger partial charge in [-0.3, -0.25) is 9.69 Å². The Hall–Kier alpha value is -1.31. The van der Waals surface area contributed by atoms with Crippen LogP contribution in [-0.2, 0) is 9.53 Å². The minimum atomic E-state index is -0.813. The molecule has 2 heterocycles. The average Bonchev–Trinajstić information content (AvgIpc) is 2.67. The van der Waals surface area contributed by atoms with Gasteiger partial charge in [0, 0.05) is 32.0 Å². The number of halogens is 1. The van der Waals surface area contributed by atoms with Crippen molar-refractivity contribution in [2.45, 2.75) is 51.2 Å². The molecule has 0 unspecified atom stereocenters. The second-order valence-electron chi connectivity index (χ2n) is 7.34. The fraction of sp³-hybridized carbons (Fsp3) is 0.812. The van der Waals surface area contributed by atoms with Gasteiger partial charge in [0.25, 0.3) is 5.91 Å². The van der Waals surface area contributed by atoms with E-state index in [9.17, 15) is 14.4 Å². The van der Waals surface area contributed by atoms with Crippen molar-refractivity contribution in [3.8, 4) is 0 Å². The first-order valence-corrected chi connectivity index (χ1v) is 9.38. The summed E-state index contributed by atoms with van der Waals surface area (Å²) < 4.78 is 5.39. The molecule has 2 aliphatic rings. The van der Waals surface area contributed by atoms with Crippen molar-refractivity contribution in [1.29, 1.82) is 0 Å². The van der Waals surface area contributed by atoms with Crippen LogP contribution in [0.4, 0.5) is 9.59 Å². The highest BCUT2D eigenvalue weighted by Crippen LogP contribution is 2.37. The summed E-state index contributed by atoms with van der Waals surface area (Å²) in [5.41, 5.74) is -1.36. The third-order valence-corrected chi connectivity index (χ3v) is 5.06. The number of alkyl halides is 1. The fourth-order valence-electron chi connectivity index (χ4n) is 3.28. The maximum Gasteiger partial charge on any atom is 0.410 e. The van der Waals surface area contributed by atoms with Gasteiger partial charge in [-0.2, -0.15) is 0 Å². The summed E-state index contributed by atoms with van der Waals surface area (Å²) in [6, 6.07) is -0.244. The highest BCUT2D eigenvalue weighted by atomic mass is 79.9. The lowest BCUT2D eigenvalue weighted by Gasteiger charge is -2.42. The number of imide groups is 1. The molecule has 136 valence electrons. The first kappa shape index (κ1) is 19.0. The Kier molecular flexibility index (Phi) is 5.47. The van der Waals surface area contributed by atoms with Crippen molar-refractivity contribution in [2.75, 3.05) is 32.0 Å². The van der Waals surface area contributed by atoms with E-state index >= 15 is 0 Å². The smallest absolute Gasteiger partial charge is 0.410 e. The van der Waals surface area contributed by atoms with Crippen LogP contribution in [0.2, 0.25) is 0 Å². The minimum absolute atomic E-state index is 0.161. The van der Waals surface area contributed by atoms with Crippen molar-refractivity contribution in [1.82, 2.24) is 14.7 Å². The lowest BCUT2D eigenvalue weighted by Crippen LogP contribution is -2.57. The number of carbonyl (C=O) groups is 3. The van der Waals surface area contributed by atoms with Crippen LogP contribution in [0.15, 0.2) is 0 Å². The maximum atomic E-state index is 12.7. The lowest BCUT2D eigenvalue weighted by molar-refractivity contribution is -0.134. The van der Waals surface area contributed by atoms with Crippen LogP contribution >= 0.6 is 15.9 Å². The van der Waals surface area contributed by atoms with Crippen molar-refractivity contribution >= 4 is 34.0 Å². The fourth-order valence-corrected chi connectivity index (χ4v) is 3.53. The summed E-state index contributed by atoms with van der Waals surface area (Å²) >= 11 is 3.37. The maximum absolute atomic E-state index is 12.7. The highest BCUT2D eigenvalue weighted by Gasteiger charge is 2.56. The Morgan fingerprint density at radius 2 is 1.83 bits per heavy atom. The molecule has 7 nitrogen and oxygen atoms in total. The van der Waals surface area contributed by atoms with E-state index in [1.165, 1.54) is 11.9 Å². The molecular formula is C16H26BrN3O4. The standard InChI is InChI=1S/C16H26BrN3O4/c1-15(2,3)24-14(23)19-10-6-16(7-11-19)12(21)18(4)13(22)20(16)9-5-8-17/h5-11H2,1-4H3. The summed E-state index contributed by atoms with van der Waals surface area (Å²) in [7, 11) is 1.53. The van der Waals surface area contributed by atoms with Crippen LogP contribution in [0.25, 0.3) is 0 Å². The number of likely N-dealkylation sites (tertiary alicyclic amines) is 1. The summed E-state index contributed by atoms with van der Waals surface area (Å²) in [4.78, 5) is 41.8. The van der Waals surface area contributed by atoms with Crippen LogP contribution < -0.4 is 0 Å². The number of hydrogen-bond donors (Lipinski definition) is 0. The van der Waals surface area contributed by atoms with Gasteiger partial charge in [0.1, 0.15) is 11.1 Å². The Labute approximate surface area is 151 Å². The van der Waals surface area contributed by atoms with Gasteiger partial charge >= 0.3 is 12.1 Å². The number of piperidine rings is 1. The minimum Gasteiger partial charge on any atom is -0.444 e. The quantitative estimate of drug-likeness (QED) is 0.535. The van der Waals surface area contributed by atoms with Crippen molar-refractivity contribution in [2.24, 2.45) is 0 Å². The molecule has 0 atom stereocenters. The first-order chi connectivity index (χ1) is 11.1. The molecule has 0 aliphatic carbocycles. The van der Waals surface area contributed by atoms with Gasteiger partial charge in [-0.25, -0.2) is 9.59 Å². The molecule has 0 saturated carbocycles. The number of hydrogen-bond acceptors (Lipinski definition) is 4. The molecule has 1 spiro atoms. The number of ether oxygens (including phenoxy) is 1. The zero-order chi connectivity index (χ0) is 18.1. The molecule has 2 fully saturated rings. The molecule has 0 radical (unpaired) electrons. The number of likely N-dealkylation sites (N-methyl/N-ethyl adjacent to an activating group) is 1. The molecule has 0 N–H and O–H groups in total. The highest BCUT2D eigenvalue weighted by molar-refractivity contribution is 9.09. The normalized spacial score (nSPS) is 21.0. The average molecular weight is 404 g/mol. The third kappa shape index (κ3) is 3.53. The molecule has 24 heavy (non-hydrogen) atoms. The van der Waals surface area contributed by atoms with E-state index in [4.69, 9.17) is 4.74 Å². The Bertz CT molecular complexity index is 524. The molecule has 2 saturated heterocycles. The van der Waals surface area contributed by atoms with E-state index in [1.807, 2.05) is 20.8 Å². The second-order valence-corrected chi connectivity index (χ2v) is 8.13. The SMILES string of the molecule is CN1C(=O)N(CCCBr)C2(CCN(C(=O)OC(C)(C)C)CC2)C1=O. The monoisotopic (exact) mass is 403 g/mol. The number of urea groups is 1. The van der Waals surface area contributed by atoms with E-state index in [-0.39, 0.29) is 18.0 Å². The largest absolute Gasteiger partial charge is 0.444 e. The predicted molar refractivity (Wildman–Crippen MR) is 93.1 cm³/mol. The molecule has 2 rings (SSSR count). The van der Waals surface area contributed by atoms with Crippen molar-refractivity contribution in [3.63, 3.8) is 0 Å². The van der Waals surface area contributed by atoms with Gasteiger partial charge in [-0.05, 0) is 40.0 Å². The van der Waals surface area contributed by atoms with Gasteiger partial charge in [0.15, 0.2) is 0 Å². The molecule has 0 bridgehead atoms. The van der Waals surface area contributed by atoms with Crippen molar-refractivity contribution in [3.05, 3.63) is 0 Å². The molecule has 8 heteroatoms. The summed E-state index contributed by atoms with van der Waals surface area (Å²) in [6.07, 6.45) is 1.31. The van der Waals surface area contributed by atoms with Gasteiger partial charge in [-0.15, -0.1) is 0 Å². The Morgan fingerprint density at radius 3 is 2.33 bits per heavy atom. The Balaban J connectivity index is 2.10. The first-order valence-electron chi connectivity index (χ1n) is 8.26. The predicted octanol–water partition coefficient (Wildman–Crippen LogP) is 2.44. The third-order valence-electron chi connectivity index (χ3n) is 4.49. The number of nitrogens with zero attached hydrogens (tertiary/aromatic N) is 3. The zero-order valence-electron chi connectivity index (χ0n) is 14.8. The van der Waals surface area contributed by atoms with E-state index in [0.717, 1.165) is 11.8 Å². The van der Waals surface area contributed by atoms with Gasteiger partial charge in [-0.1, -0.05) is 15.9 Å². The summed E-state index contributed by atoms with van der Waals surface area (Å²) in [5, 5.41) is 0.773. The van der Waals surface area contributed by atoms with Gasteiger partial charge in [0.2, 0.25) is 0 Å². The van der Waals surface area contributed by atoms with E-state index in [0.29, 0.717) is 32.5 Å². The molecule has 0 aromatic carbocycles. The summed E-state index contributed by atoms with van der Waals surface area (Å²) in [6.45, 7) is 6.83. The van der Waals surface area contributed by atoms with E-state index in [1.54, 1.807) is 9.80 Å². The molecular weight excluding hydrogens is 378 g/mol. The summed E-state index contributed by atoms with van der Waals surface area (Å²) in [5.74, 6) is -0.161. The van der Waals surface area contributed by atoms with Crippen LogP contribution in [-0.4, -0.2) is 75.9 Å². The van der Waals surface area contributed by atoms with Crippen LogP contribution in [0.1, 0.15) is 40.0 Å². The molecule has 2 aliphatic heterocycles. The Morgan fingerprint density at radius 1 is 1.25 bits per heavy atom. The lowest BCUT2D eigenvalue weighted by atomic mass is 9.86. The van der Waals surface area contributed by atoms with E-state index in [2.05, 4.69) is 15.9 Å². The van der Waals surface area contributed by atoms with Gasteiger partial charge in [0.05, 0.1) is 0 Å².